The second-order valence-electron chi connectivity index (χ2n) is 4.13. The van der Waals surface area contributed by atoms with Gasteiger partial charge >= 0.3 is 0 Å². The molecule has 1 fully saturated rings. The SMILES string of the molecule is Cc1cccc(C(N)C2CCC2)c1.Cl. The van der Waals surface area contributed by atoms with Crippen molar-refractivity contribution in [2.45, 2.75) is 32.2 Å². The van der Waals surface area contributed by atoms with Gasteiger partial charge in [0.25, 0.3) is 0 Å². The van der Waals surface area contributed by atoms with E-state index < -0.39 is 0 Å². The monoisotopic (exact) mass is 211 g/mol. The minimum atomic E-state index is 0. The van der Waals surface area contributed by atoms with Gasteiger partial charge < -0.3 is 5.73 Å². The van der Waals surface area contributed by atoms with Gasteiger partial charge in [-0.15, -0.1) is 12.4 Å². The van der Waals surface area contributed by atoms with Gasteiger partial charge in [0.1, 0.15) is 0 Å². The molecule has 1 aromatic rings. The molecule has 1 aromatic carbocycles. The van der Waals surface area contributed by atoms with Crippen molar-refractivity contribution >= 4 is 12.4 Å². The van der Waals surface area contributed by atoms with Gasteiger partial charge in [-0.25, -0.2) is 0 Å². The minimum absolute atomic E-state index is 0. The van der Waals surface area contributed by atoms with E-state index in [9.17, 15) is 0 Å². The molecular weight excluding hydrogens is 194 g/mol. The fourth-order valence-electron chi connectivity index (χ4n) is 1.95. The fourth-order valence-corrected chi connectivity index (χ4v) is 1.95. The topological polar surface area (TPSA) is 26.0 Å². The second-order valence-corrected chi connectivity index (χ2v) is 4.13. The molecule has 0 amide bonds. The Bertz CT molecular complexity index is 294. The summed E-state index contributed by atoms with van der Waals surface area (Å²) in [5, 5.41) is 0. The van der Waals surface area contributed by atoms with Gasteiger partial charge in [-0.1, -0.05) is 36.2 Å². The number of benzene rings is 1. The summed E-state index contributed by atoms with van der Waals surface area (Å²) in [6.45, 7) is 2.12. The standard InChI is InChI=1S/C12H17N.ClH/c1-9-4-2-7-11(8-9)12(13)10-5-3-6-10;/h2,4,7-8,10,12H,3,5-6,13H2,1H3;1H. The van der Waals surface area contributed by atoms with Crippen molar-refractivity contribution in [3.8, 4) is 0 Å². The van der Waals surface area contributed by atoms with E-state index in [0.29, 0.717) is 0 Å². The smallest absolute Gasteiger partial charge is 0.0323 e. The summed E-state index contributed by atoms with van der Waals surface area (Å²) in [7, 11) is 0. The number of aryl methyl sites for hydroxylation is 1. The largest absolute Gasteiger partial charge is 0.324 e. The van der Waals surface area contributed by atoms with Crippen LogP contribution < -0.4 is 5.73 Å². The molecule has 0 bridgehead atoms. The van der Waals surface area contributed by atoms with Crippen molar-refractivity contribution < 1.29 is 0 Å². The normalized spacial score (nSPS) is 18.1. The van der Waals surface area contributed by atoms with Crippen molar-refractivity contribution in [3.05, 3.63) is 35.4 Å². The molecule has 0 radical (unpaired) electrons. The summed E-state index contributed by atoms with van der Waals surface area (Å²) >= 11 is 0. The van der Waals surface area contributed by atoms with Crippen LogP contribution in [0.3, 0.4) is 0 Å². The number of halogens is 1. The van der Waals surface area contributed by atoms with Crippen LogP contribution in [-0.2, 0) is 0 Å². The van der Waals surface area contributed by atoms with Crippen molar-refractivity contribution in [2.75, 3.05) is 0 Å². The summed E-state index contributed by atoms with van der Waals surface area (Å²) in [4.78, 5) is 0. The molecule has 1 unspecified atom stereocenters. The Morgan fingerprint density at radius 2 is 2.07 bits per heavy atom. The van der Waals surface area contributed by atoms with Crippen molar-refractivity contribution in [2.24, 2.45) is 11.7 Å². The summed E-state index contributed by atoms with van der Waals surface area (Å²) in [5.74, 6) is 0.738. The maximum atomic E-state index is 6.17. The van der Waals surface area contributed by atoms with Gasteiger partial charge in [0.15, 0.2) is 0 Å². The highest BCUT2D eigenvalue weighted by atomic mass is 35.5. The minimum Gasteiger partial charge on any atom is -0.324 e. The number of hydrogen-bond acceptors (Lipinski definition) is 1. The van der Waals surface area contributed by atoms with Crippen LogP contribution in [0.15, 0.2) is 24.3 Å². The number of rotatable bonds is 2. The van der Waals surface area contributed by atoms with Crippen LogP contribution in [0.2, 0.25) is 0 Å². The van der Waals surface area contributed by atoms with Crippen molar-refractivity contribution in [1.82, 2.24) is 0 Å². The molecule has 0 heterocycles. The molecule has 1 aliphatic carbocycles. The zero-order valence-corrected chi connectivity index (χ0v) is 9.39. The van der Waals surface area contributed by atoms with Crippen LogP contribution in [0.5, 0.6) is 0 Å². The lowest BCUT2D eigenvalue weighted by atomic mass is 9.77. The molecule has 2 rings (SSSR count). The third-order valence-corrected chi connectivity index (χ3v) is 3.08. The van der Waals surface area contributed by atoms with Crippen LogP contribution in [0.4, 0.5) is 0 Å². The van der Waals surface area contributed by atoms with Gasteiger partial charge in [0.05, 0.1) is 0 Å². The molecule has 2 N–H and O–H groups in total. The summed E-state index contributed by atoms with van der Waals surface area (Å²) < 4.78 is 0. The summed E-state index contributed by atoms with van der Waals surface area (Å²) in [6, 6.07) is 8.85. The van der Waals surface area contributed by atoms with Crippen LogP contribution >= 0.6 is 12.4 Å². The Hall–Kier alpha value is -0.530. The van der Waals surface area contributed by atoms with E-state index >= 15 is 0 Å². The molecule has 2 heteroatoms. The third-order valence-electron chi connectivity index (χ3n) is 3.08. The molecule has 0 spiro atoms. The van der Waals surface area contributed by atoms with Gasteiger partial charge in [-0.05, 0) is 31.2 Å². The second kappa shape index (κ2) is 4.81. The van der Waals surface area contributed by atoms with E-state index in [0.717, 1.165) is 5.92 Å². The molecule has 1 atom stereocenters. The van der Waals surface area contributed by atoms with Gasteiger partial charge in [-0.3, -0.25) is 0 Å². The number of nitrogens with two attached hydrogens (primary N) is 1. The molecule has 1 saturated carbocycles. The Labute approximate surface area is 92.1 Å². The van der Waals surface area contributed by atoms with E-state index in [2.05, 4.69) is 31.2 Å². The highest BCUT2D eigenvalue weighted by Gasteiger charge is 2.25. The van der Waals surface area contributed by atoms with Gasteiger partial charge in [-0.2, -0.15) is 0 Å². The first kappa shape index (κ1) is 11.5. The first-order chi connectivity index (χ1) is 6.27. The summed E-state index contributed by atoms with van der Waals surface area (Å²) in [5.41, 5.74) is 8.79. The Morgan fingerprint density at radius 3 is 2.57 bits per heavy atom. The lowest BCUT2D eigenvalue weighted by molar-refractivity contribution is 0.264. The first-order valence-electron chi connectivity index (χ1n) is 5.09. The lowest BCUT2D eigenvalue weighted by Gasteiger charge is -2.31. The Balaban J connectivity index is 0.000000980. The third kappa shape index (κ3) is 2.28. The highest BCUT2D eigenvalue weighted by Crippen LogP contribution is 2.36. The Kier molecular flexibility index (Phi) is 3.97. The first-order valence-corrected chi connectivity index (χ1v) is 5.09. The van der Waals surface area contributed by atoms with E-state index in [4.69, 9.17) is 5.73 Å². The summed E-state index contributed by atoms with van der Waals surface area (Å²) in [6.07, 6.45) is 3.99. The van der Waals surface area contributed by atoms with Crippen molar-refractivity contribution in [3.63, 3.8) is 0 Å². The van der Waals surface area contributed by atoms with E-state index in [1.54, 1.807) is 0 Å². The van der Waals surface area contributed by atoms with Crippen LogP contribution in [0, 0.1) is 12.8 Å². The molecular formula is C12H18ClN. The zero-order chi connectivity index (χ0) is 9.26. The molecule has 0 saturated heterocycles. The van der Waals surface area contributed by atoms with Gasteiger partial charge in [0.2, 0.25) is 0 Å². The van der Waals surface area contributed by atoms with Crippen LogP contribution in [0.25, 0.3) is 0 Å². The predicted octanol–water partition coefficient (Wildman–Crippen LogP) is 3.22. The van der Waals surface area contributed by atoms with E-state index in [1.807, 2.05) is 0 Å². The molecule has 14 heavy (non-hydrogen) atoms. The lowest BCUT2D eigenvalue weighted by Crippen LogP contribution is -2.26. The van der Waals surface area contributed by atoms with Crippen molar-refractivity contribution in [1.29, 1.82) is 0 Å². The average Bonchev–Trinajstić information content (AvgIpc) is 2.01. The quantitative estimate of drug-likeness (QED) is 0.799. The van der Waals surface area contributed by atoms with Crippen LogP contribution in [-0.4, -0.2) is 0 Å². The highest BCUT2D eigenvalue weighted by molar-refractivity contribution is 5.85. The molecule has 78 valence electrons. The number of hydrogen-bond donors (Lipinski definition) is 1. The zero-order valence-electron chi connectivity index (χ0n) is 8.57. The maximum Gasteiger partial charge on any atom is 0.0323 e. The van der Waals surface area contributed by atoms with Crippen LogP contribution in [0.1, 0.15) is 36.4 Å². The Morgan fingerprint density at radius 1 is 1.36 bits per heavy atom. The molecule has 1 nitrogen and oxygen atoms in total. The van der Waals surface area contributed by atoms with E-state index in [-0.39, 0.29) is 18.4 Å². The average molecular weight is 212 g/mol. The molecule has 0 aromatic heterocycles. The van der Waals surface area contributed by atoms with Gasteiger partial charge in [0, 0.05) is 6.04 Å². The fraction of sp³-hybridized carbons (Fsp3) is 0.500. The molecule has 0 aliphatic heterocycles. The predicted molar refractivity (Wildman–Crippen MR) is 62.7 cm³/mol. The molecule has 1 aliphatic rings. The van der Waals surface area contributed by atoms with E-state index in [1.165, 1.54) is 30.4 Å². The maximum absolute atomic E-state index is 6.17.